The van der Waals surface area contributed by atoms with E-state index in [1.54, 1.807) is 13.0 Å². The lowest BCUT2D eigenvalue weighted by molar-refractivity contribution is 0.168. The number of ether oxygens (including phenoxy) is 2. The summed E-state index contributed by atoms with van der Waals surface area (Å²) in [7, 11) is 0. The third kappa shape index (κ3) is 5.18. The summed E-state index contributed by atoms with van der Waals surface area (Å²) in [5.41, 5.74) is 3.89. The predicted molar refractivity (Wildman–Crippen MR) is 134 cm³/mol. The first kappa shape index (κ1) is 23.7. The van der Waals surface area contributed by atoms with Crippen LogP contribution in [-0.4, -0.2) is 48.4 Å². The highest BCUT2D eigenvalue weighted by Crippen LogP contribution is 2.36. The van der Waals surface area contributed by atoms with Gasteiger partial charge in [0.25, 0.3) is 0 Å². The lowest BCUT2D eigenvalue weighted by Gasteiger charge is -2.14. The first-order valence-electron chi connectivity index (χ1n) is 12.1. The number of likely N-dealkylation sites (tertiary alicyclic amines) is 1. The molecule has 1 saturated heterocycles. The molecule has 1 amide bonds. The van der Waals surface area contributed by atoms with E-state index in [0.29, 0.717) is 31.0 Å². The van der Waals surface area contributed by atoms with Gasteiger partial charge < -0.3 is 18.9 Å². The van der Waals surface area contributed by atoms with Crippen molar-refractivity contribution < 1.29 is 14.3 Å². The zero-order chi connectivity index (χ0) is 23.9. The minimum atomic E-state index is -0.497. The number of hydrogen-bond acceptors (Lipinski definition) is 5. The molecule has 3 aromatic rings. The van der Waals surface area contributed by atoms with Gasteiger partial charge in [0.15, 0.2) is 0 Å². The Morgan fingerprint density at radius 3 is 2.71 bits per heavy atom. The SMILES string of the molecule is CCOC(=O)Nc1cccc(-c2c(C#N)c3ccc(OCCCN4CCCC4)cc3n2CC)c1. The van der Waals surface area contributed by atoms with Gasteiger partial charge in [-0.15, -0.1) is 0 Å². The molecule has 4 rings (SSSR count). The van der Waals surface area contributed by atoms with Crippen LogP contribution in [0.4, 0.5) is 10.5 Å². The number of amides is 1. The maximum Gasteiger partial charge on any atom is 0.411 e. The minimum Gasteiger partial charge on any atom is -0.493 e. The van der Waals surface area contributed by atoms with Gasteiger partial charge in [-0.05, 0) is 70.5 Å². The van der Waals surface area contributed by atoms with Crippen molar-refractivity contribution in [2.45, 2.75) is 39.7 Å². The number of aryl methyl sites for hydroxylation is 1. The number of anilines is 1. The van der Waals surface area contributed by atoms with E-state index in [2.05, 4.69) is 27.8 Å². The molecule has 34 heavy (non-hydrogen) atoms. The molecule has 1 aliphatic heterocycles. The molecule has 0 bridgehead atoms. The van der Waals surface area contributed by atoms with E-state index >= 15 is 0 Å². The number of nitrogens with zero attached hydrogens (tertiary/aromatic N) is 3. The van der Waals surface area contributed by atoms with Crippen LogP contribution >= 0.6 is 0 Å². The molecule has 1 fully saturated rings. The molecule has 178 valence electrons. The zero-order valence-electron chi connectivity index (χ0n) is 20.0. The number of nitriles is 1. The van der Waals surface area contributed by atoms with Gasteiger partial charge in [0, 0.05) is 35.8 Å². The monoisotopic (exact) mass is 460 g/mol. The highest BCUT2D eigenvalue weighted by atomic mass is 16.5. The molecule has 2 aromatic carbocycles. The van der Waals surface area contributed by atoms with E-state index in [9.17, 15) is 10.1 Å². The van der Waals surface area contributed by atoms with Crippen molar-refractivity contribution in [2.75, 3.05) is 38.2 Å². The first-order chi connectivity index (χ1) is 16.6. The molecule has 1 aromatic heterocycles. The van der Waals surface area contributed by atoms with Gasteiger partial charge in [0.2, 0.25) is 0 Å². The summed E-state index contributed by atoms with van der Waals surface area (Å²) >= 11 is 0. The summed E-state index contributed by atoms with van der Waals surface area (Å²) in [5, 5.41) is 13.7. The smallest absolute Gasteiger partial charge is 0.411 e. The molecule has 0 atom stereocenters. The summed E-state index contributed by atoms with van der Waals surface area (Å²) in [6.07, 6.45) is 3.11. The number of nitrogens with one attached hydrogen (secondary N) is 1. The minimum absolute atomic E-state index is 0.302. The second kappa shape index (κ2) is 11.1. The topological polar surface area (TPSA) is 79.5 Å². The second-order valence-corrected chi connectivity index (χ2v) is 8.44. The predicted octanol–water partition coefficient (Wildman–Crippen LogP) is 5.63. The maximum atomic E-state index is 11.9. The van der Waals surface area contributed by atoms with Crippen molar-refractivity contribution in [3.8, 4) is 23.1 Å². The third-order valence-electron chi connectivity index (χ3n) is 6.21. The molecule has 7 nitrogen and oxygen atoms in total. The molecule has 7 heteroatoms. The van der Waals surface area contributed by atoms with Crippen LogP contribution in [0.2, 0.25) is 0 Å². The fourth-order valence-corrected chi connectivity index (χ4v) is 4.67. The maximum absolute atomic E-state index is 11.9. The van der Waals surface area contributed by atoms with Crippen LogP contribution in [0.25, 0.3) is 22.2 Å². The second-order valence-electron chi connectivity index (χ2n) is 8.44. The first-order valence-corrected chi connectivity index (χ1v) is 12.1. The Kier molecular flexibility index (Phi) is 7.71. The summed E-state index contributed by atoms with van der Waals surface area (Å²) in [5.74, 6) is 0.815. The van der Waals surface area contributed by atoms with E-state index in [1.807, 2.05) is 36.4 Å². The Balaban J connectivity index is 1.60. The molecule has 0 unspecified atom stereocenters. The highest BCUT2D eigenvalue weighted by molar-refractivity contribution is 5.96. The van der Waals surface area contributed by atoms with Gasteiger partial charge in [-0.2, -0.15) is 5.26 Å². The number of hydrogen-bond donors (Lipinski definition) is 1. The van der Waals surface area contributed by atoms with Gasteiger partial charge in [-0.1, -0.05) is 12.1 Å². The molecule has 0 saturated carbocycles. The largest absolute Gasteiger partial charge is 0.493 e. The van der Waals surface area contributed by atoms with Crippen molar-refractivity contribution in [3.05, 3.63) is 48.0 Å². The van der Waals surface area contributed by atoms with Crippen LogP contribution in [0.1, 0.15) is 38.7 Å². The van der Waals surface area contributed by atoms with Crippen LogP contribution in [0.5, 0.6) is 5.75 Å². The Hall–Kier alpha value is -3.50. The van der Waals surface area contributed by atoms with Crippen molar-refractivity contribution in [3.63, 3.8) is 0 Å². The molecular formula is C27H32N4O3. The van der Waals surface area contributed by atoms with E-state index < -0.39 is 6.09 Å². The number of rotatable bonds is 9. The van der Waals surface area contributed by atoms with Gasteiger partial charge >= 0.3 is 6.09 Å². The lowest BCUT2D eigenvalue weighted by Crippen LogP contribution is -2.21. The summed E-state index contributed by atoms with van der Waals surface area (Å²) in [6.45, 7) is 8.98. The number of benzene rings is 2. The Morgan fingerprint density at radius 1 is 1.15 bits per heavy atom. The number of aromatic nitrogens is 1. The van der Waals surface area contributed by atoms with Crippen LogP contribution in [-0.2, 0) is 11.3 Å². The van der Waals surface area contributed by atoms with Crippen molar-refractivity contribution in [2.24, 2.45) is 0 Å². The summed E-state index contributed by atoms with van der Waals surface area (Å²) in [4.78, 5) is 14.4. The molecule has 0 spiro atoms. The van der Waals surface area contributed by atoms with E-state index in [-0.39, 0.29) is 0 Å². The zero-order valence-corrected chi connectivity index (χ0v) is 20.0. The normalized spacial score (nSPS) is 13.7. The van der Waals surface area contributed by atoms with Crippen molar-refractivity contribution in [1.82, 2.24) is 9.47 Å². The molecule has 2 heterocycles. The van der Waals surface area contributed by atoms with Crippen molar-refractivity contribution in [1.29, 1.82) is 5.26 Å². The quantitative estimate of drug-likeness (QED) is 0.419. The number of carbonyl (C=O) groups is 1. The highest BCUT2D eigenvalue weighted by Gasteiger charge is 2.19. The van der Waals surface area contributed by atoms with E-state index in [1.165, 1.54) is 25.9 Å². The average Bonchev–Trinajstić information content (AvgIpc) is 3.47. The molecule has 1 aliphatic rings. The molecular weight excluding hydrogens is 428 g/mol. The molecule has 0 aliphatic carbocycles. The summed E-state index contributed by atoms with van der Waals surface area (Å²) in [6, 6.07) is 15.8. The van der Waals surface area contributed by atoms with Crippen LogP contribution in [0, 0.1) is 11.3 Å². The van der Waals surface area contributed by atoms with Crippen molar-refractivity contribution >= 4 is 22.7 Å². The summed E-state index contributed by atoms with van der Waals surface area (Å²) < 4.78 is 13.2. The number of carbonyl (C=O) groups excluding carboxylic acids is 1. The standard InChI is InChI=1S/C27H32N4O3/c1-3-31-25-18-22(34-16-8-15-30-13-5-6-14-30)11-12-23(25)24(19-28)26(31)20-9-7-10-21(17-20)29-27(32)33-4-2/h7,9-12,17-18H,3-6,8,13-16H2,1-2H3,(H,29,32). The average molecular weight is 461 g/mol. The Labute approximate surface area is 200 Å². The van der Waals surface area contributed by atoms with E-state index in [0.717, 1.165) is 40.9 Å². The molecule has 1 N–H and O–H groups in total. The van der Waals surface area contributed by atoms with Crippen LogP contribution in [0.15, 0.2) is 42.5 Å². The Bertz CT molecular complexity index is 1190. The fraction of sp³-hybridized carbons (Fsp3) is 0.407. The van der Waals surface area contributed by atoms with Gasteiger partial charge in [-0.3, -0.25) is 5.32 Å². The lowest BCUT2D eigenvalue weighted by atomic mass is 10.1. The number of fused-ring (bicyclic) bond motifs is 1. The fourth-order valence-electron chi connectivity index (χ4n) is 4.67. The van der Waals surface area contributed by atoms with Crippen LogP contribution in [0.3, 0.4) is 0 Å². The van der Waals surface area contributed by atoms with Gasteiger partial charge in [0.1, 0.15) is 11.8 Å². The van der Waals surface area contributed by atoms with Gasteiger partial charge in [-0.25, -0.2) is 4.79 Å². The van der Waals surface area contributed by atoms with E-state index in [4.69, 9.17) is 9.47 Å². The van der Waals surface area contributed by atoms with Gasteiger partial charge in [0.05, 0.1) is 30.0 Å². The molecule has 0 radical (unpaired) electrons. The third-order valence-corrected chi connectivity index (χ3v) is 6.21. The van der Waals surface area contributed by atoms with Crippen LogP contribution < -0.4 is 10.1 Å². The Morgan fingerprint density at radius 2 is 1.97 bits per heavy atom.